The van der Waals surface area contributed by atoms with Crippen LogP contribution >= 0.6 is 11.6 Å². The number of halogens is 1. The van der Waals surface area contributed by atoms with Crippen LogP contribution in [-0.4, -0.2) is 22.9 Å². The van der Waals surface area contributed by atoms with Crippen LogP contribution in [0.3, 0.4) is 0 Å². The van der Waals surface area contributed by atoms with E-state index >= 15 is 0 Å². The van der Waals surface area contributed by atoms with Gasteiger partial charge in [-0.25, -0.2) is 4.79 Å². The van der Waals surface area contributed by atoms with E-state index in [4.69, 9.17) is 16.7 Å². The highest BCUT2D eigenvalue weighted by atomic mass is 35.5. The van der Waals surface area contributed by atoms with Crippen LogP contribution in [0, 0.1) is 0 Å². The van der Waals surface area contributed by atoms with E-state index in [-0.39, 0.29) is 17.9 Å². The number of nitrogens with one attached hydrogen (secondary N) is 1. The molecule has 0 aromatic heterocycles. The molecule has 1 aromatic rings. The molecule has 4 nitrogen and oxygen atoms in total. The zero-order chi connectivity index (χ0) is 12.0. The van der Waals surface area contributed by atoms with E-state index in [1.165, 1.54) is 12.1 Å². The largest absolute Gasteiger partial charge is 0.478 e. The first-order valence-corrected chi connectivity index (χ1v) is 5.32. The lowest BCUT2D eigenvalue weighted by atomic mass is 10.1. The summed E-state index contributed by atoms with van der Waals surface area (Å²) in [6.07, 6.45) is 0.286. The molecule has 0 aliphatic rings. The predicted octanol–water partition coefficient (Wildman–Crippen LogP) is 1.63. The highest BCUT2D eigenvalue weighted by molar-refractivity contribution is 6.18. The number of aromatic carboxylic acids is 1. The van der Waals surface area contributed by atoms with E-state index in [1.54, 1.807) is 12.1 Å². The number of benzene rings is 1. The number of amides is 1. The maximum atomic E-state index is 11.1. The first-order valence-electron chi connectivity index (χ1n) is 4.78. The van der Waals surface area contributed by atoms with Gasteiger partial charge in [0.15, 0.2) is 0 Å². The zero-order valence-electron chi connectivity index (χ0n) is 8.57. The summed E-state index contributed by atoms with van der Waals surface area (Å²) in [5.74, 6) is -0.779. The molecule has 0 saturated carbocycles. The van der Waals surface area contributed by atoms with E-state index < -0.39 is 5.97 Å². The molecule has 0 atom stereocenters. The summed E-state index contributed by atoms with van der Waals surface area (Å²) in [7, 11) is 0. The third-order valence-corrected chi connectivity index (χ3v) is 2.20. The van der Waals surface area contributed by atoms with Gasteiger partial charge >= 0.3 is 5.97 Å². The fourth-order valence-corrected chi connectivity index (χ4v) is 1.31. The quantitative estimate of drug-likeness (QED) is 0.770. The predicted molar refractivity (Wildman–Crippen MR) is 60.6 cm³/mol. The summed E-state index contributed by atoms with van der Waals surface area (Å²) in [6.45, 7) is 0.385. The van der Waals surface area contributed by atoms with Crippen molar-refractivity contribution in [2.24, 2.45) is 0 Å². The molecule has 0 aliphatic carbocycles. The molecule has 0 aliphatic heterocycles. The molecule has 16 heavy (non-hydrogen) atoms. The van der Waals surface area contributed by atoms with Crippen LogP contribution in [0.5, 0.6) is 0 Å². The van der Waals surface area contributed by atoms with Gasteiger partial charge in [-0.2, -0.15) is 0 Å². The van der Waals surface area contributed by atoms with Crippen molar-refractivity contribution >= 4 is 23.5 Å². The zero-order valence-corrected chi connectivity index (χ0v) is 9.33. The van der Waals surface area contributed by atoms with Crippen molar-refractivity contribution in [3.63, 3.8) is 0 Å². The number of carbonyl (C=O) groups is 2. The van der Waals surface area contributed by atoms with Crippen molar-refractivity contribution in [2.75, 3.05) is 5.88 Å². The molecule has 0 bridgehead atoms. The molecule has 0 radical (unpaired) electrons. The van der Waals surface area contributed by atoms with Crippen LogP contribution in [0.1, 0.15) is 22.3 Å². The van der Waals surface area contributed by atoms with E-state index in [1.807, 2.05) is 0 Å². The molecular formula is C11H12ClNO3. The van der Waals surface area contributed by atoms with Gasteiger partial charge in [0.05, 0.1) is 5.56 Å². The Kier molecular flexibility index (Phi) is 4.79. The molecule has 2 N–H and O–H groups in total. The molecule has 0 heterocycles. The Morgan fingerprint density at radius 2 is 1.88 bits per heavy atom. The first-order chi connectivity index (χ1) is 7.63. The Hall–Kier alpha value is -1.55. The number of carboxylic acids is 1. The Morgan fingerprint density at radius 1 is 1.25 bits per heavy atom. The normalized spacial score (nSPS) is 9.81. The van der Waals surface area contributed by atoms with Crippen LogP contribution < -0.4 is 5.32 Å². The van der Waals surface area contributed by atoms with Crippen LogP contribution in [0.2, 0.25) is 0 Å². The number of carboxylic acid groups (broad SMARTS) is 1. The fourth-order valence-electron chi connectivity index (χ4n) is 1.14. The minimum Gasteiger partial charge on any atom is -0.478 e. The van der Waals surface area contributed by atoms with Gasteiger partial charge in [-0.05, 0) is 17.7 Å². The van der Waals surface area contributed by atoms with Crippen LogP contribution in [0.4, 0.5) is 0 Å². The maximum Gasteiger partial charge on any atom is 0.335 e. The minimum absolute atomic E-state index is 0.114. The molecule has 0 unspecified atom stereocenters. The lowest BCUT2D eigenvalue weighted by Gasteiger charge is -2.04. The second-order valence-electron chi connectivity index (χ2n) is 3.22. The monoisotopic (exact) mass is 241 g/mol. The third-order valence-electron chi connectivity index (χ3n) is 2.01. The van der Waals surface area contributed by atoms with Crippen LogP contribution in [0.25, 0.3) is 0 Å². The van der Waals surface area contributed by atoms with Crippen molar-refractivity contribution in [3.8, 4) is 0 Å². The first kappa shape index (κ1) is 12.5. The molecule has 0 fully saturated rings. The second-order valence-corrected chi connectivity index (χ2v) is 3.60. The smallest absolute Gasteiger partial charge is 0.335 e. The van der Waals surface area contributed by atoms with Gasteiger partial charge in [-0.3, -0.25) is 4.79 Å². The Labute approximate surface area is 98.2 Å². The van der Waals surface area contributed by atoms with Crippen molar-refractivity contribution in [3.05, 3.63) is 35.4 Å². The van der Waals surface area contributed by atoms with E-state index in [2.05, 4.69) is 5.32 Å². The SMILES string of the molecule is O=C(CCCl)NCc1ccc(C(=O)O)cc1. The number of carbonyl (C=O) groups excluding carboxylic acids is 1. The average molecular weight is 242 g/mol. The summed E-state index contributed by atoms with van der Waals surface area (Å²) in [6, 6.07) is 6.35. The molecule has 5 heteroatoms. The van der Waals surface area contributed by atoms with Crippen molar-refractivity contribution in [1.29, 1.82) is 0 Å². The molecule has 86 valence electrons. The standard InChI is InChI=1S/C11H12ClNO3/c12-6-5-10(14)13-7-8-1-3-9(4-2-8)11(15)16/h1-4H,5-7H2,(H,13,14)(H,15,16). The Balaban J connectivity index is 2.49. The van der Waals surface area contributed by atoms with Crippen molar-refractivity contribution < 1.29 is 14.7 Å². The van der Waals surface area contributed by atoms with Gasteiger partial charge in [0.2, 0.25) is 5.91 Å². The molecule has 1 aromatic carbocycles. The maximum absolute atomic E-state index is 11.1. The molecule has 1 rings (SSSR count). The van der Waals surface area contributed by atoms with Gasteiger partial charge in [0, 0.05) is 18.8 Å². The number of alkyl halides is 1. The summed E-state index contributed by atoms with van der Waals surface area (Å²) in [4.78, 5) is 21.7. The lowest BCUT2D eigenvalue weighted by Crippen LogP contribution is -2.22. The van der Waals surface area contributed by atoms with Crippen LogP contribution in [0.15, 0.2) is 24.3 Å². The van der Waals surface area contributed by atoms with Gasteiger partial charge in [-0.1, -0.05) is 12.1 Å². The lowest BCUT2D eigenvalue weighted by molar-refractivity contribution is -0.120. The summed E-state index contributed by atoms with van der Waals surface area (Å²) in [5.41, 5.74) is 1.09. The fraction of sp³-hybridized carbons (Fsp3) is 0.273. The van der Waals surface area contributed by atoms with E-state index in [0.717, 1.165) is 5.56 Å². The average Bonchev–Trinajstić information content (AvgIpc) is 2.27. The minimum atomic E-state index is -0.960. The Morgan fingerprint density at radius 3 is 2.38 bits per heavy atom. The van der Waals surface area contributed by atoms with Crippen molar-refractivity contribution in [1.82, 2.24) is 5.32 Å². The van der Waals surface area contributed by atoms with E-state index in [0.29, 0.717) is 12.4 Å². The molecular weight excluding hydrogens is 230 g/mol. The molecule has 0 saturated heterocycles. The Bertz CT molecular complexity index is 375. The number of hydrogen-bond donors (Lipinski definition) is 2. The summed E-state index contributed by atoms with van der Waals surface area (Å²) >= 11 is 5.41. The van der Waals surface area contributed by atoms with Gasteiger partial charge in [0.1, 0.15) is 0 Å². The molecule has 0 spiro atoms. The highest BCUT2D eigenvalue weighted by Gasteiger charge is 2.03. The highest BCUT2D eigenvalue weighted by Crippen LogP contribution is 2.04. The number of hydrogen-bond acceptors (Lipinski definition) is 2. The topological polar surface area (TPSA) is 66.4 Å². The summed E-state index contributed by atoms with van der Waals surface area (Å²) < 4.78 is 0. The summed E-state index contributed by atoms with van der Waals surface area (Å²) in [5, 5.41) is 11.4. The number of rotatable bonds is 5. The van der Waals surface area contributed by atoms with Gasteiger partial charge in [0.25, 0.3) is 0 Å². The van der Waals surface area contributed by atoms with Gasteiger partial charge in [-0.15, -0.1) is 11.6 Å². The van der Waals surface area contributed by atoms with Crippen molar-refractivity contribution in [2.45, 2.75) is 13.0 Å². The second kappa shape index (κ2) is 6.12. The van der Waals surface area contributed by atoms with Gasteiger partial charge < -0.3 is 10.4 Å². The third kappa shape index (κ3) is 3.90. The van der Waals surface area contributed by atoms with Crippen LogP contribution in [-0.2, 0) is 11.3 Å². The molecule has 1 amide bonds. The van der Waals surface area contributed by atoms with E-state index in [9.17, 15) is 9.59 Å².